The van der Waals surface area contributed by atoms with Crippen molar-refractivity contribution in [2.45, 2.75) is 52.4 Å². The van der Waals surface area contributed by atoms with Crippen molar-refractivity contribution in [2.75, 3.05) is 0 Å². The van der Waals surface area contributed by atoms with Gasteiger partial charge in [-0.05, 0) is 18.9 Å². The van der Waals surface area contributed by atoms with Crippen LogP contribution in [0.15, 0.2) is 11.8 Å². The molecule has 4 nitrogen and oxygen atoms in total. The van der Waals surface area contributed by atoms with Crippen molar-refractivity contribution in [1.29, 1.82) is 0 Å². The summed E-state index contributed by atoms with van der Waals surface area (Å²) in [5, 5.41) is 8.72. The van der Waals surface area contributed by atoms with Crippen LogP contribution in [0.3, 0.4) is 0 Å². The number of rotatable bonds is 8. The normalized spacial score (nSPS) is 11.2. The SMILES string of the molecule is CCCCCCC/C=C(\OC(C)=O)C(=O)O. The minimum absolute atomic E-state index is 0.261. The summed E-state index contributed by atoms with van der Waals surface area (Å²) < 4.78 is 4.56. The second-order valence-electron chi connectivity index (χ2n) is 3.67. The van der Waals surface area contributed by atoms with E-state index in [0.717, 1.165) is 12.8 Å². The molecule has 0 rings (SSSR count). The highest BCUT2D eigenvalue weighted by molar-refractivity contribution is 5.87. The Morgan fingerprint density at radius 1 is 1.19 bits per heavy atom. The smallest absolute Gasteiger partial charge is 0.371 e. The highest BCUT2D eigenvalue weighted by atomic mass is 16.6. The molecular formula is C12H20O4. The maximum atomic E-state index is 10.7. The van der Waals surface area contributed by atoms with Gasteiger partial charge in [-0.1, -0.05) is 32.6 Å². The minimum Gasteiger partial charge on any atom is -0.475 e. The summed E-state index contributed by atoms with van der Waals surface area (Å²) in [4.78, 5) is 21.3. The Bertz CT molecular complexity index is 256. The third-order valence-corrected chi connectivity index (χ3v) is 2.10. The Hall–Kier alpha value is -1.32. The Morgan fingerprint density at radius 2 is 1.81 bits per heavy atom. The molecule has 0 aromatic heterocycles. The number of allylic oxidation sites excluding steroid dienone is 1. The van der Waals surface area contributed by atoms with Crippen LogP contribution in [0.25, 0.3) is 0 Å². The standard InChI is InChI=1S/C12H20O4/c1-3-4-5-6-7-8-9-11(12(14)15)16-10(2)13/h9H,3-8H2,1-2H3,(H,14,15)/b11-9-. The van der Waals surface area contributed by atoms with Crippen LogP contribution >= 0.6 is 0 Å². The average Bonchev–Trinajstić information content (AvgIpc) is 2.20. The van der Waals surface area contributed by atoms with Crippen molar-refractivity contribution >= 4 is 11.9 Å². The van der Waals surface area contributed by atoms with Gasteiger partial charge < -0.3 is 9.84 Å². The van der Waals surface area contributed by atoms with Gasteiger partial charge in [0.05, 0.1) is 0 Å². The van der Waals surface area contributed by atoms with Gasteiger partial charge in [-0.15, -0.1) is 0 Å². The molecule has 0 spiro atoms. The molecule has 92 valence electrons. The summed E-state index contributed by atoms with van der Waals surface area (Å²) in [5.74, 6) is -2.05. The van der Waals surface area contributed by atoms with E-state index in [-0.39, 0.29) is 5.76 Å². The van der Waals surface area contributed by atoms with Crippen LogP contribution in [0.1, 0.15) is 52.4 Å². The number of carboxylic acids is 1. The first-order valence-electron chi connectivity index (χ1n) is 5.69. The summed E-state index contributed by atoms with van der Waals surface area (Å²) in [6.45, 7) is 3.33. The lowest BCUT2D eigenvalue weighted by molar-refractivity contribution is -0.146. The Kier molecular flexibility index (Phi) is 8.21. The number of ether oxygens (including phenoxy) is 1. The molecule has 0 fully saturated rings. The predicted molar refractivity (Wildman–Crippen MR) is 60.9 cm³/mol. The Balaban J connectivity index is 3.86. The Labute approximate surface area is 96.3 Å². The van der Waals surface area contributed by atoms with Crippen molar-refractivity contribution in [3.8, 4) is 0 Å². The van der Waals surface area contributed by atoms with Crippen molar-refractivity contribution in [2.24, 2.45) is 0 Å². The molecule has 0 aliphatic carbocycles. The summed E-state index contributed by atoms with van der Waals surface area (Å²) in [7, 11) is 0. The van der Waals surface area contributed by atoms with Crippen molar-refractivity contribution in [3.63, 3.8) is 0 Å². The molecular weight excluding hydrogens is 208 g/mol. The summed E-state index contributed by atoms with van der Waals surface area (Å²) in [5.41, 5.74) is 0. The van der Waals surface area contributed by atoms with Gasteiger partial charge in [-0.3, -0.25) is 4.79 Å². The minimum atomic E-state index is -1.19. The van der Waals surface area contributed by atoms with E-state index in [4.69, 9.17) is 5.11 Å². The predicted octanol–water partition coefficient (Wildman–Crippen LogP) is 2.88. The molecule has 4 heteroatoms. The molecule has 0 aliphatic rings. The van der Waals surface area contributed by atoms with Gasteiger partial charge in [-0.2, -0.15) is 0 Å². The molecule has 0 saturated carbocycles. The molecule has 0 radical (unpaired) electrons. The monoisotopic (exact) mass is 228 g/mol. The number of esters is 1. The third kappa shape index (κ3) is 8.03. The number of unbranched alkanes of at least 4 members (excludes halogenated alkanes) is 5. The van der Waals surface area contributed by atoms with Crippen LogP contribution in [-0.4, -0.2) is 17.0 Å². The van der Waals surface area contributed by atoms with E-state index in [1.165, 1.54) is 32.3 Å². The summed E-state index contributed by atoms with van der Waals surface area (Å²) in [6.07, 6.45) is 7.67. The van der Waals surface area contributed by atoms with Gasteiger partial charge in [0.25, 0.3) is 0 Å². The fraction of sp³-hybridized carbons (Fsp3) is 0.667. The molecule has 0 bridgehead atoms. The van der Waals surface area contributed by atoms with Gasteiger partial charge in [0.15, 0.2) is 0 Å². The van der Waals surface area contributed by atoms with Gasteiger partial charge in [0, 0.05) is 6.92 Å². The molecule has 0 amide bonds. The van der Waals surface area contributed by atoms with E-state index in [1.54, 1.807) is 0 Å². The molecule has 0 heterocycles. The first kappa shape index (κ1) is 14.7. The molecule has 0 unspecified atom stereocenters. The summed E-state index contributed by atoms with van der Waals surface area (Å²) >= 11 is 0. The number of carbonyl (C=O) groups is 2. The lowest BCUT2D eigenvalue weighted by Gasteiger charge is -2.01. The van der Waals surface area contributed by atoms with E-state index < -0.39 is 11.9 Å². The molecule has 0 atom stereocenters. The van der Waals surface area contributed by atoms with Gasteiger partial charge in [0.1, 0.15) is 0 Å². The maximum Gasteiger partial charge on any atom is 0.371 e. The topological polar surface area (TPSA) is 63.6 Å². The van der Waals surface area contributed by atoms with Crippen molar-refractivity contribution in [1.82, 2.24) is 0 Å². The zero-order valence-electron chi connectivity index (χ0n) is 9.99. The van der Waals surface area contributed by atoms with E-state index in [0.29, 0.717) is 6.42 Å². The average molecular weight is 228 g/mol. The quantitative estimate of drug-likeness (QED) is 0.300. The molecule has 0 aliphatic heterocycles. The molecule has 0 aromatic carbocycles. The maximum absolute atomic E-state index is 10.7. The summed E-state index contributed by atoms with van der Waals surface area (Å²) in [6, 6.07) is 0. The van der Waals surface area contributed by atoms with Crippen molar-refractivity contribution < 1.29 is 19.4 Å². The second-order valence-corrected chi connectivity index (χ2v) is 3.67. The molecule has 16 heavy (non-hydrogen) atoms. The van der Waals surface area contributed by atoms with Gasteiger partial charge >= 0.3 is 11.9 Å². The van der Waals surface area contributed by atoms with Gasteiger partial charge in [-0.25, -0.2) is 4.79 Å². The van der Waals surface area contributed by atoms with Gasteiger partial charge in [0.2, 0.25) is 5.76 Å². The van der Waals surface area contributed by atoms with Crippen LogP contribution in [0.2, 0.25) is 0 Å². The molecule has 1 N–H and O–H groups in total. The Morgan fingerprint density at radius 3 is 2.31 bits per heavy atom. The van der Waals surface area contributed by atoms with Crippen LogP contribution in [0.4, 0.5) is 0 Å². The lowest BCUT2D eigenvalue weighted by Crippen LogP contribution is -2.08. The van der Waals surface area contributed by atoms with E-state index in [9.17, 15) is 9.59 Å². The number of hydrogen-bond donors (Lipinski definition) is 1. The van der Waals surface area contributed by atoms with E-state index in [2.05, 4.69) is 11.7 Å². The third-order valence-electron chi connectivity index (χ3n) is 2.10. The highest BCUT2D eigenvalue weighted by Gasteiger charge is 2.10. The zero-order valence-corrected chi connectivity index (χ0v) is 9.99. The van der Waals surface area contributed by atoms with Crippen molar-refractivity contribution in [3.05, 3.63) is 11.8 Å². The fourth-order valence-corrected chi connectivity index (χ4v) is 1.31. The number of aliphatic carboxylic acids is 1. The van der Waals surface area contributed by atoms with Crippen LogP contribution in [-0.2, 0) is 14.3 Å². The van der Waals surface area contributed by atoms with E-state index in [1.807, 2.05) is 0 Å². The number of hydrogen-bond acceptors (Lipinski definition) is 3. The zero-order chi connectivity index (χ0) is 12.4. The first-order valence-corrected chi connectivity index (χ1v) is 5.69. The van der Waals surface area contributed by atoms with Crippen LogP contribution in [0, 0.1) is 0 Å². The van der Waals surface area contributed by atoms with Crippen LogP contribution < -0.4 is 0 Å². The lowest BCUT2D eigenvalue weighted by atomic mass is 10.1. The number of carbonyl (C=O) groups excluding carboxylic acids is 1. The van der Waals surface area contributed by atoms with Crippen LogP contribution in [0.5, 0.6) is 0 Å². The molecule has 0 saturated heterocycles. The highest BCUT2D eigenvalue weighted by Crippen LogP contribution is 2.08. The molecule has 0 aromatic rings. The first-order chi connectivity index (χ1) is 7.57. The fourth-order valence-electron chi connectivity index (χ4n) is 1.31. The number of carboxylic acid groups (broad SMARTS) is 1. The second kappa shape index (κ2) is 8.95. The largest absolute Gasteiger partial charge is 0.475 e. The van der Waals surface area contributed by atoms with E-state index >= 15 is 0 Å².